The van der Waals surface area contributed by atoms with Crippen LogP contribution in [0.1, 0.15) is 53.3 Å². The van der Waals surface area contributed by atoms with Crippen LogP contribution in [-0.2, 0) is 4.79 Å². The van der Waals surface area contributed by atoms with E-state index in [4.69, 9.17) is 9.15 Å². The lowest BCUT2D eigenvalue weighted by Crippen LogP contribution is -2.39. The van der Waals surface area contributed by atoms with Crippen molar-refractivity contribution >= 4 is 17.5 Å². The molecule has 1 atom stereocenters. The van der Waals surface area contributed by atoms with Crippen LogP contribution in [0.15, 0.2) is 39.5 Å². The van der Waals surface area contributed by atoms with Crippen molar-refractivity contribution in [3.8, 4) is 5.75 Å². The monoisotopic (exact) mass is 396 g/mol. The first kappa shape index (κ1) is 19.2. The van der Waals surface area contributed by atoms with Gasteiger partial charge in [0.2, 0.25) is 5.91 Å². The molecule has 1 aliphatic heterocycles. The highest BCUT2D eigenvalue weighted by Gasteiger charge is 2.33. The van der Waals surface area contributed by atoms with Crippen molar-refractivity contribution in [2.75, 3.05) is 18.6 Å². The Morgan fingerprint density at radius 2 is 2.03 bits per heavy atom. The van der Waals surface area contributed by atoms with Gasteiger partial charge in [-0.05, 0) is 43.5 Å². The van der Waals surface area contributed by atoms with Gasteiger partial charge in [0.1, 0.15) is 17.1 Å². The molecule has 1 aliphatic carbocycles. The Labute approximate surface area is 168 Å². The van der Waals surface area contributed by atoms with Gasteiger partial charge in [-0.25, -0.2) is 4.79 Å². The number of anilines is 1. The minimum Gasteiger partial charge on any atom is -0.497 e. The van der Waals surface area contributed by atoms with Gasteiger partial charge in [-0.3, -0.25) is 9.59 Å². The number of ether oxygens (including phenoxy) is 1. The molecule has 7 nitrogen and oxygen atoms in total. The molecule has 1 aromatic carbocycles. The molecule has 1 N–H and O–H groups in total. The molecular weight excluding hydrogens is 372 g/mol. The molecule has 29 heavy (non-hydrogen) atoms. The van der Waals surface area contributed by atoms with Crippen molar-refractivity contribution < 1.29 is 18.7 Å². The maximum atomic E-state index is 12.7. The van der Waals surface area contributed by atoms with Crippen molar-refractivity contribution in [1.82, 2.24) is 5.32 Å². The average Bonchev–Trinajstić information content (AvgIpc) is 3.00. The molecule has 2 amide bonds. The predicted molar refractivity (Wildman–Crippen MR) is 108 cm³/mol. The van der Waals surface area contributed by atoms with Crippen LogP contribution < -0.4 is 20.6 Å². The fourth-order valence-electron chi connectivity index (χ4n) is 3.89. The zero-order valence-electron chi connectivity index (χ0n) is 16.6. The molecule has 7 heteroatoms. The average molecular weight is 396 g/mol. The Morgan fingerprint density at radius 1 is 1.24 bits per heavy atom. The van der Waals surface area contributed by atoms with Gasteiger partial charge < -0.3 is 19.4 Å². The second-order valence-electron chi connectivity index (χ2n) is 7.70. The molecule has 0 spiro atoms. The maximum absolute atomic E-state index is 12.7. The van der Waals surface area contributed by atoms with Crippen LogP contribution in [0.2, 0.25) is 0 Å². The largest absolute Gasteiger partial charge is 0.497 e. The lowest BCUT2D eigenvalue weighted by Gasteiger charge is -2.24. The summed E-state index contributed by atoms with van der Waals surface area (Å²) in [5.41, 5.74) is 0.722. The third kappa shape index (κ3) is 3.77. The Morgan fingerprint density at radius 3 is 2.69 bits per heavy atom. The second-order valence-corrected chi connectivity index (χ2v) is 7.70. The van der Waals surface area contributed by atoms with Crippen LogP contribution in [0.4, 0.5) is 5.69 Å². The van der Waals surface area contributed by atoms with Crippen LogP contribution in [-0.4, -0.2) is 31.5 Å². The molecule has 2 aliphatic rings. The molecule has 2 fully saturated rings. The summed E-state index contributed by atoms with van der Waals surface area (Å²) in [6.45, 7) is 2.08. The van der Waals surface area contributed by atoms with E-state index in [1.165, 1.54) is 0 Å². The first-order valence-corrected chi connectivity index (χ1v) is 9.86. The minimum absolute atomic E-state index is 0.0142. The van der Waals surface area contributed by atoms with E-state index in [1.807, 2.05) is 12.1 Å². The predicted octanol–water partition coefficient (Wildman–Crippen LogP) is 2.76. The summed E-state index contributed by atoms with van der Waals surface area (Å²) in [4.78, 5) is 39.2. The zero-order chi connectivity index (χ0) is 20.5. The Kier molecular flexibility index (Phi) is 5.13. The molecule has 152 valence electrons. The molecular formula is C22H24N2O5. The lowest BCUT2D eigenvalue weighted by atomic mass is 9.83. The third-order valence-electron chi connectivity index (χ3n) is 5.73. The standard InChI is InChI=1S/C22H24N2O5/c1-13-9-18(14-5-3-6-14)29-22(27)20(13)21(26)23-15-10-19(25)24(12-15)16-7-4-8-17(11-16)28-2/h4,7-9,11,14-15H,3,5-6,10,12H2,1-2H3,(H,23,26). The van der Waals surface area contributed by atoms with Crippen molar-refractivity contribution in [2.45, 2.75) is 44.6 Å². The van der Waals surface area contributed by atoms with Crippen molar-refractivity contribution in [1.29, 1.82) is 0 Å². The highest BCUT2D eigenvalue weighted by molar-refractivity contribution is 5.99. The number of hydrogen-bond acceptors (Lipinski definition) is 5. The molecule has 1 aromatic heterocycles. The quantitative estimate of drug-likeness (QED) is 0.840. The third-order valence-corrected chi connectivity index (χ3v) is 5.73. The zero-order valence-corrected chi connectivity index (χ0v) is 16.6. The summed E-state index contributed by atoms with van der Waals surface area (Å²) in [7, 11) is 1.57. The molecule has 0 bridgehead atoms. The van der Waals surface area contributed by atoms with Gasteiger partial charge in [-0.15, -0.1) is 0 Å². The van der Waals surface area contributed by atoms with Crippen molar-refractivity contribution in [3.63, 3.8) is 0 Å². The number of amides is 2. The van der Waals surface area contributed by atoms with Gasteiger partial charge in [-0.2, -0.15) is 0 Å². The lowest BCUT2D eigenvalue weighted by molar-refractivity contribution is -0.117. The summed E-state index contributed by atoms with van der Waals surface area (Å²) in [6.07, 6.45) is 3.33. The van der Waals surface area contributed by atoms with Crippen molar-refractivity contribution in [3.05, 3.63) is 57.6 Å². The summed E-state index contributed by atoms with van der Waals surface area (Å²) in [5.74, 6) is 1.01. The van der Waals surface area contributed by atoms with Crippen molar-refractivity contribution in [2.24, 2.45) is 0 Å². The summed E-state index contributed by atoms with van der Waals surface area (Å²) in [6, 6.07) is 8.63. The van der Waals surface area contributed by atoms with E-state index in [-0.39, 0.29) is 29.9 Å². The van der Waals surface area contributed by atoms with E-state index in [2.05, 4.69) is 5.32 Å². The first-order valence-electron chi connectivity index (χ1n) is 9.86. The molecule has 4 rings (SSSR count). The number of nitrogens with zero attached hydrogens (tertiary/aromatic N) is 1. The number of rotatable bonds is 5. The van der Waals surface area contributed by atoms with Crippen LogP contribution in [0.3, 0.4) is 0 Å². The van der Waals surface area contributed by atoms with Gasteiger partial charge >= 0.3 is 5.63 Å². The summed E-state index contributed by atoms with van der Waals surface area (Å²) < 4.78 is 10.6. The van der Waals surface area contributed by atoms with Gasteiger partial charge in [-0.1, -0.05) is 12.5 Å². The Balaban J connectivity index is 1.48. The normalized spacial score (nSPS) is 19.2. The van der Waals surface area contributed by atoms with Crippen LogP contribution in [0.5, 0.6) is 5.75 Å². The number of methoxy groups -OCH3 is 1. The highest BCUT2D eigenvalue weighted by Crippen LogP contribution is 2.36. The van der Waals surface area contributed by atoms with Crippen LogP contribution in [0, 0.1) is 6.92 Å². The fraction of sp³-hybridized carbons (Fsp3) is 0.409. The topological polar surface area (TPSA) is 88.8 Å². The van der Waals surface area contributed by atoms with Gasteiger partial charge in [0.05, 0.1) is 13.2 Å². The smallest absolute Gasteiger partial charge is 0.349 e. The van der Waals surface area contributed by atoms with Gasteiger partial charge in [0.15, 0.2) is 0 Å². The number of carbonyl (C=O) groups is 2. The first-order chi connectivity index (χ1) is 14.0. The van der Waals surface area contributed by atoms with Gasteiger partial charge in [0, 0.05) is 30.6 Å². The maximum Gasteiger partial charge on any atom is 0.349 e. The van der Waals surface area contributed by atoms with Gasteiger partial charge in [0.25, 0.3) is 5.91 Å². The fourth-order valence-corrected chi connectivity index (χ4v) is 3.89. The number of aryl methyl sites for hydroxylation is 1. The van der Waals surface area contributed by atoms with E-state index in [0.29, 0.717) is 29.3 Å². The van der Waals surface area contributed by atoms with E-state index < -0.39 is 11.5 Å². The minimum atomic E-state index is -0.613. The Hall–Kier alpha value is -3.09. The summed E-state index contributed by atoms with van der Waals surface area (Å²) >= 11 is 0. The highest BCUT2D eigenvalue weighted by atomic mass is 16.5. The van der Waals surface area contributed by atoms with E-state index in [0.717, 1.165) is 19.3 Å². The number of hydrogen-bond donors (Lipinski definition) is 1. The molecule has 2 aromatic rings. The Bertz CT molecular complexity index is 1010. The molecule has 1 saturated carbocycles. The van der Waals surface area contributed by atoms with E-state index >= 15 is 0 Å². The molecule has 0 radical (unpaired) electrons. The van der Waals surface area contributed by atoms with E-state index in [9.17, 15) is 14.4 Å². The van der Waals surface area contributed by atoms with Crippen LogP contribution in [0.25, 0.3) is 0 Å². The number of benzene rings is 1. The molecule has 1 saturated heterocycles. The molecule has 2 heterocycles. The summed E-state index contributed by atoms with van der Waals surface area (Å²) in [5, 5.41) is 2.82. The molecule has 1 unspecified atom stereocenters. The SMILES string of the molecule is COc1cccc(N2CC(NC(=O)c3c(C)cc(C4CCC4)oc3=O)CC2=O)c1. The number of carbonyl (C=O) groups excluding carboxylic acids is 2. The van der Waals surface area contributed by atoms with Crippen LogP contribution >= 0.6 is 0 Å². The second kappa shape index (κ2) is 7.73. The van der Waals surface area contributed by atoms with E-state index in [1.54, 1.807) is 37.1 Å². The number of nitrogens with one attached hydrogen (secondary N) is 1.